The highest BCUT2D eigenvalue weighted by Crippen LogP contribution is 2.11. The standard InChI is InChI=1S/C15H21NO3/c1-3-13(15(17)18)9-11-16-10-8-12-4-6-14(19-2)7-5-12/h4-7,9,16H,3,8,10-11H2,1-2H3,(H,17,18)/b13-9-. The number of ether oxygens (including phenoxy) is 1. The van der Waals surface area contributed by atoms with Crippen molar-refractivity contribution in [2.45, 2.75) is 19.8 Å². The fourth-order valence-electron chi connectivity index (χ4n) is 1.71. The fourth-order valence-corrected chi connectivity index (χ4v) is 1.71. The van der Waals surface area contributed by atoms with Crippen LogP contribution in [0.1, 0.15) is 18.9 Å². The molecular formula is C15H21NO3. The maximum absolute atomic E-state index is 10.8. The molecule has 0 atom stereocenters. The SMILES string of the molecule is CC/C(=C/CNCCc1ccc(OC)cc1)C(=O)O. The van der Waals surface area contributed by atoms with E-state index in [0.717, 1.165) is 18.7 Å². The van der Waals surface area contributed by atoms with Crippen LogP contribution in [-0.2, 0) is 11.2 Å². The van der Waals surface area contributed by atoms with E-state index in [0.29, 0.717) is 18.5 Å². The van der Waals surface area contributed by atoms with Gasteiger partial charge < -0.3 is 15.2 Å². The van der Waals surface area contributed by atoms with Crippen LogP contribution in [0.25, 0.3) is 0 Å². The average Bonchev–Trinajstić information content (AvgIpc) is 2.43. The Hall–Kier alpha value is -1.81. The van der Waals surface area contributed by atoms with E-state index in [4.69, 9.17) is 9.84 Å². The van der Waals surface area contributed by atoms with Gasteiger partial charge in [-0.05, 0) is 37.1 Å². The molecule has 0 aliphatic heterocycles. The number of nitrogens with one attached hydrogen (secondary N) is 1. The normalized spacial score (nSPS) is 11.4. The number of rotatable bonds is 8. The summed E-state index contributed by atoms with van der Waals surface area (Å²) in [5, 5.41) is 12.1. The molecular weight excluding hydrogens is 242 g/mol. The quantitative estimate of drug-likeness (QED) is 0.558. The lowest BCUT2D eigenvalue weighted by molar-refractivity contribution is -0.132. The van der Waals surface area contributed by atoms with Gasteiger partial charge in [0.05, 0.1) is 7.11 Å². The topological polar surface area (TPSA) is 58.6 Å². The predicted molar refractivity (Wildman–Crippen MR) is 75.6 cm³/mol. The lowest BCUT2D eigenvalue weighted by atomic mass is 10.1. The van der Waals surface area contributed by atoms with Gasteiger partial charge in [0, 0.05) is 12.1 Å². The Morgan fingerprint density at radius 2 is 2.05 bits per heavy atom. The summed E-state index contributed by atoms with van der Waals surface area (Å²) >= 11 is 0. The lowest BCUT2D eigenvalue weighted by Gasteiger charge is -2.05. The van der Waals surface area contributed by atoms with Crippen LogP contribution in [0.3, 0.4) is 0 Å². The molecule has 0 fully saturated rings. The van der Waals surface area contributed by atoms with Crippen molar-refractivity contribution in [3.8, 4) is 5.75 Å². The van der Waals surface area contributed by atoms with E-state index >= 15 is 0 Å². The summed E-state index contributed by atoms with van der Waals surface area (Å²) in [4.78, 5) is 10.8. The molecule has 1 aromatic carbocycles. The second-order valence-corrected chi connectivity index (χ2v) is 4.19. The van der Waals surface area contributed by atoms with Crippen molar-refractivity contribution in [2.75, 3.05) is 20.2 Å². The Morgan fingerprint density at radius 1 is 1.37 bits per heavy atom. The van der Waals surface area contributed by atoms with Gasteiger partial charge in [-0.15, -0.1) is 0 Å². The number of methoxy groups -OCH3 is 1. The summed E-state index contributed by atoms with van der Waals surface area (Å²) in [6, 6.07) is 7.94. The zero-order valence-corrected chi connectivity index (χ0v) is 11.5. The number of carboxylic acids is 1. The average molecular weight is 263 g/mol. The van der Waals surface area contributed by atoms with Crippen LogP contribution >= 0.6 is 0 Å². The Labute approximate surface area is 114 Å². The zero-order chi connectivity index (χ0) is 14.1. The first kappa shape index (κ1) is 15.2. The summed E-state index contributed by atoms with van der Waals surface area (Å²) in [6.45, 7) is 3.25. The van der Waals surface area contributed by atoms with E-state index in [1.165, 1.54) is 5.56 Å². The summed E-state index contributed by atoms with van der Waals surface area (Å²) in [5.41, 5.74) is 1.68. The molecule has 0 bridgehead atoms. The smallest absolute Gasteiger partial charge is 0.331 e. The van der Waals surface area contributed by atoms with Crippen molar-refractivity contribution in [3.05, 3.63) is 41.5 Å². The highest BCUT2D eigenvalue weighted by molar-refractivity contribution is 5.86. The van der Waals surface area contributed by atoms with Crippen molar-refractivity contribution in [3.63, 3.8) is 0 Å². The summed E-state index contributed by atoms with van der Waals surface area (Å²) in [5.74, 6) is 0.0214. The molecule has 19 heavy (non-hydrogen) atoms. The molecule has 0 aromatic heterocycles. The van der Waals surface area contributed by atoms with Gasteiger partial charge in [-0.1, -0.05) is 25.1 Å². The summed E-state index contributed by atoms with van der Waals surface area (Å²) < 4.78 is 5.09. The zero-order valence-electron chi connectivity index (χ0n) is 11.5. The lowest BCUT2D eigenvalue weighted by Crippen LogP contribution is -2.18. The van der Waals surface area contributed by atoms with Crippen LogP contribution in [0.4, 0.5) is 0 Å². The van der Waals surface area contributed by atoms with Gasteiger partial charge in [0.25, 0.3) is 0 Å². The first-order valence-corrected chi connectivity index (χ1v) is 6.43. The van der Waals surface area contributed by atoms with Crippen LogP contribution in [0, 0.1) is 0 Å². The molecule has 0 spiro atoms. The third-order valence-electron chi connectivity index (χ3n) is 2.90. The Bertz CT molecular complexity index is 424. The van der Waals surface area contributed by atoms with Crippen molar-refractivity contribution in [1.82, 2.24) is 5.32 Å². The minimum Gasteiger partial charge on any atom is -0.497 e. The Kier molecular flexibility index (Phi) is 6.68. The number of aliphatic carboxylic acids is 1. The Balaban J connectivity index is 2.28. The number of carbonyl (C=O) groups is 1. The maximum atomic E-state index is 10.8. The highest BCUT2D eigenvalue weighted by Gasteiger charge is 2.02. The molecule has 0 saturated carbocycles. The van der Waals surface area contributed by atoms with E-state index in [-0.39, 0.29) is 0 Å². The molecule has 0 aliphatic rings. The van der Waals surface area contributed by atoms with E-state index in [1.807, 2.05) is 31.2 Å². The van der Waals surface area contributed by atoms with Gasteiger partial charge in [-0.3, -0.25) is 0 Å². The molecule has 4 heteroatoms. The van der Waals surface area contributed by atoms with Crippen LogP contribution in [0.15, 0.2) is 35.9 Å². The molecule has 0 amide bonds. The molecule has 0 radical (unpaired) electrons. The fraction of sp³-hybridized carbons (Fsp3) is 0.400. The second-order valence-electron chi connectivity index (χ2n) is 4.19. The third-order valence-corrected chi connectivity index (χ3v) is 2.90. The van der Waals surface area contributed by atoms with Crippen LogP contribution < -0.4 is 10.1 Å². The monoisotopic (exact) mass is 263 g/mol. The predicted octanol–water partition coefficient (Wildman–Crippen LogP) is 2.25. The van der Waals surface area contributed by atoms with Gasteiger partial charge in [0.15, 0.2) is 0 Å². The first-order valence-electron chi connectivity index (χ1n) is 6.43. The van der Waals surface area contributed by atoms with Gasteiger partial charge >= 0.3 is 5.97 Å². The molecule has 2 N–H and O–H groups in total. The third kappa shape index (κ3) is 5.57. The van der Waals surface area contributed by atoms with E-state index in [1.54, 1.807) is 13.2 Å². The minimum absolute atomic E-state index is 0.456. The van der Waals surface area contributed by atoms with Gasteiger partial charge in [-0.2, -0.15) is 0 Å². The van der Waals surface area contributed by atoms with Crippen molar-refractivity contribution >= 4 is 5.97 Å². The van der Waals surface area contributed by atoms with E-state index in [9.17, 15) is 4.79 Å². The van der Waals surface area contributed by atoms with Gasteiger partial charge in [0.1, 0.15) is 5.75 Å². The van der Waals surface area contributed by atoms with Crippen LogP contribution in [0.2, 0.25) is 0 Å². The minimum atomic E-state index is -0.834. The molecule has 1 rings (SSSR count). The van der Waals surface area contributed by atoms with Gasteiger partial charge in [-0.25, -0.2) is 4.79 Å². The van der Waals surface area contributed by atoms with E-state index < -0.39 is 5.97 Å². The molecule has 4 nitrogen and oxygen atoms in total. The Morgan fingerprint density at radius 3 is 2.58 bits per heavy atom. The van der Waals surface area contributed by atoms with Crippen molar-refractivity contribution in [2.24, 2.45) is 0 Å². The number of hydrogen-bond donors (Lipinski definition) is 2. The maximum Gasteiger partial charge on any atom is 0.331 e. The largest absolute Gasteiger partial charge is 0.497 e. The molecule has 0 saturated heterocycles. The molecule has 1 aromatic rings. The van der Waals surface area contributed by atoms with Crippen molar-refractivity contribution in [1.29, 1.82) is 0 Å². The molecule has 0 heterocycles. The van der Waals surface area contributed by atoms with E-state index in [2.05, 4.69) is 5.32 Å². The number of benzene rings is 1. The first-order chi connectivity index (χ1) is 9.17. The molecule has 0 unspecified atom stereocenters. The molecule has 0 aliphatic carbocycles. The second kappa shape index (κ2) is 8.32. The van der Waals surface area contributed by atoms with Crippen molar-refractivity contribution < 1.29 is 14.6 Å². The summed E-state index contributed by atoms with van der Waals surface area (Å²) in [7, 11) is 1.65. The number of carboxylic acid groups (broad SMARTS) is 1. The van der Waals surface area contributed by atoms with Gasteiger partial charge in [0.2, 0.25) is 0 Å². The summed E-state index contributed by atoms with van der Waals surface area (Å²) in [6.07, 6.45) is 3.19. The highest BCUT2D eigenvalue weighted by atomic mass is 16.5. The number of hydrogen-bond acceptors (Lipinski definition) is 3. The van der Waals surface area contributed by atoms with Crippen LogP contribution in [-0.4, -0.2) is 31.3 Å². The van der Waals surface area contributed by atoms with Crippen LogP contribution in [0.5, 0.6) is 5.75 Å². The molecule has 104 valence electrons.